The molecular formula is C35H33FN4O3. The van der Waals surface area contributed by atoms with E-state index >= 15 is 0 Å². The molecule has 0 bridgehead atoms. The molecule has 1 atom stereocenters. The molecule has 0 saturated carbocycles. The minimum Gasteiger partial charge on any atom is -0.493 e. The molecule has 2 aromatic heterocycles. The van der Waals surface area contributed by atoms with Crippen molar-refractivity contribution in [2.75, 3.05) is 11.9 Å². The third kappa shape index (κ3) is 7.52. The number of anilines is 1. The minimum absolute atomic E-state index is 0.0406. The van der Waals surface area contributed by atoms with Crippen molar-refractivity contribution in [1.82, 2.24) is 9.97 Å². The number of carboxylic acid groups (broad SMARTS) is 1. The van der Waals surface area contributed by atoms with E-state index in [-0.39, 0.29) is 28.2 Å². The van der Waals surface area contributed by atoms with E-state index in [0.29, 0.717) is 30.8 Å². The maximum Gasteiger partial charge on any atom is 0.326 e. The van der Waals surface area contributed by atoms with Crippen molar-refractivity contribution >= 4 is 35.5 Å². The molecule has 1 unspecified atom stereocenters. The smallest absolute Gasteiger partial charge is 0.326 e. The van der Waals surface area contributed by atoms with Gasteiger partial charge in [-0.25, -0.2) is 14.2 Å². The number of aliphatic carboxylic acids is 1. The summed E-state index contributed by atoms with van der Waals surface area (Å²) in [5.41, 5.74) is 3.95. The van der Waals surface area contributed by atoms with Gasteiger partial charge >= 0.3 is 5.97 Å². The zero-order chi connectivity index (χ0) is 30.8. The van der Waals surface area contributed by atoms with E-state index in [1.807, 2.05) is 49.4 Å². The second kappa shape index (κ2) is 14.6. The third-order valence-corrected chi connectivity index (χ3v) is 6.88. The van der Waals surface area contributed by atoms with Crippen LogP contribution in [0.15, 0.2) is 84.9 Å². The Kier molecular flexibility index (Phi) is 10.4. The normalized spacial score (nSPS) is 16.5. The largest absolute Gasteiger partial charge is 0.493 e. The van der Waals surface area contributed by atoms with Gasteiger partial charge in [-0.05, 0) is 62.1 Å². The number of halogens is 1. The zero-order valence-corrected chi connectivity index (χ0v) is 24.2. The number of carboxylic acids is 1. The molecule has 1 aliphatic carbocycles. The van der Waals surface area contributed by atoms with Crippen molar-refractivity contribution in [2.24, 2.45) is 0 Å². The number of nitrogens with zero attached hydrogens (tertiary/aromatic N) is 3. The Labute approximate surface area is 250 Å². The van der Waals surface area contributed by atoms with Gasteiger partial charge in [0.2, 0.25) is 0 Å². The van der Waals surface area contributed by atoms with Crippen molar-refractivity contribution in [3.05, 3.63) is 118 Å². The van der Waals surface area contributed by atoms with Gasteiger partial charge in [-0.3, -0.25) is 4.98 Å². The number of para-hydroxylation sites is 1. The van der Waals surface area contributed by atoms with Crippen LogP contribution in [0.4, 0.5) is 10.1 Å². The van der Waals surface area contributed by atoms with Gasteiger partial charge in [0, 0.05) is 29.1 Å². The molecule has 0 amide bonds. The van der Waals surface area contributed by atoms with Gasteiger partial charge in [-0.2, -0.15) is 5.26 Å². The van der Waals surface area contributed by atoms with Crippen LogP contribution in [-0.4, -0.2) is 33.7 Å². The lowest BCUT2D eigenvalue weighted by molar-refractivity contribution is -0.137. The second-order valence-corrected chi connectivity index (χ2v) is 9.72. The molecule has 7 nitrogen and oxygen atoms in total. The first-order chi connectivity index (χ1) is 20.9. The quantitative estimate of drug-likeness (QED) is 0.317. The number of allylic oxidation sites excluding steroid dienone is 8. The summed E-state index contributed by atoms with van der Waals surface area (Å²) in [6.45, 7) is 8.08. The van der Waals surface area contributed by atoms with E-state index in [4.69, 9.17) is 4.74 Å². The number of nitrogens with one attached hydrogen (secondary N) is 1. The Bertz CT molecular complexity index is 1770. The van der Waals surface area contributed by atoms with E-state index in [1.54, 1.807) is 24.4 Å². The van der Waals surface area contributed by atoms with Crippen LogP contribution in [-0.2, 0) is 11.2 Å². The molecule has 0 fully saturated rings. The van der Waals surface area contributed by atoms with Crippen molar-refractivity contribution < 1.29 is 19.0 Å². The van der Waals surface area contributed by atoms with E-state index in [1.165, 1.54) is 19.1 Å². The van der Waals surface area contributed by atoms with Crippen LogP contribution in [0.1, 0.15) is 49.2 Å². The van der Waals surface area contributed by atoms with Gasteiger partial charge in [0.1, 0.15) is 29.3 Å². The van der Waals surface area contributed by atoms with Gasteiger partial charge in [-0.1, -0.05) is 61.2 Å². The van der Waals surface area contributed by atoms with Crippen molar-refractivity contribution in [1.29, 1.82) is 5.26 Å². The zero-order valence-electron chi connectivity index (χ0n) is 24.2. The molecule has 1 aromatic carbocycles. The molecule has 1 aliphatic rings. The van der Waals surface area contributed by atoms with Crippen LogP contribution < -0.4 is 20.6 Å². The molecular weight excluding hydrogens is 543 g/mol. The minimum atomic E-state index is -1.15. The van der Waals surface area contributed by atoms with Crippen LogP contribution in [0.25, 0.3) is 23.8 Å². The number of hydrogen-bond donors (Lipinski definition) is 2. The summed E-state index contributed by atoms with van der Waals surface area (Å²) in [5, 5.41) is 23.9. The Morgan fingerprint density at radius 2 is 2.05 bits per heavy atom. The average Bonchev–Trinajstić information content (AvgIpc) is 2.99. The van der Waals surface area contributed by atoms with E-state index in [9.17, 15) is 19.6 Å². The molecule has 2 N–H and O–H groups in total. The molecule has 8 heteroatoms. The summed E-state index contributed by atoms with van der Waals surface area (Å²) >= 11 is 0. The van der Waals surface area contributed by atoms with Crippen LogP contribution in [0.5, 0.6) is 5.75 Å². The maximum absolute atomic E-state index is 14.5. The highest BCUT2D eigenvalue weighted by atomic mass is 19.1. The van der Waals surface area contributed by atoms with Crippen LogP contribution in [0.3, 0.4) is 0 Å². The summed E-state index contributed by atoms with van der Waals surface area (Å²) < 4.78 is 20.4. The maximum atomic E-state index is 14.5. The highest BCUT2D eigenvalue weighted by Crippen LogP contribution is 2.31. The summed E-state index contributed by atoms with van der Waals surface area (Å²) in [7, 11) is 0. The molecule has 218 valence electrons. The van der Waals surface area contributed by atoms with Crippen LogP contribution in [0, 0.1) is 11.3 Å². The van der Waals surface area contributed by atoms with Crippen molar-refractivity contribution in [3.63, 3.8) is 0 Å². The molecule has 3 aromatic rings. The van der Waals surface area contributed by atoms with Crippen LogP contribution in [0.2, 0.25) is 0 Å². The summed E-state index contributed by atoms with van der Waals surface area (Å²) in [6, 6.07) is 14.1. The number of benzene rings is 1. The fourth-order valence-electron chi connectivity index (χ4n) is 4.79. The molecule has 0 radical (unpaired) electrons. The average molecular weight is 577 g/mol. The lowest BCUT2D eigenvalue weighted by atomic mass is 9.95. The van der Waals surface area contributed by atoms with Gasteiger partial charge in [0.15, 0.2) is 0 Å². The van der Waals surface area contributed by atoms with Gasteiger partial charge in [0.25, 0.3) is 0 Å². The van der Waals surface area contributed by atoms with E-state index in [0.717, 1.165) is 22.5 Å². The summed E-state index contributed by atoms with van der Waals surface area (Å²) in [5.74, 6) is -0.911. The number of carbonyl (C=O) groups is 1. The van der Waals surface area contributed by atoms with Gasteiger partial charge in [-0.15, -0.1) is 0 Å². The standard InChI is InChI=1S/C35H33FN4O3/c1-4-26(36)20-29-23(3)39-33(30(22-37)34(29)40-31(35(41)42)21-27-16-8-9-19-38-27)25-14-10-12-24(13-11-15-25)28-17-6-7-18-32(28)43-5-2/h4,6-10,12-13,15-20,31,40H,3,5,11,14,21H2,1-2H3,(H,41,42)/b12-10-,24-13?,25-15+,26-4+,29-20+. The number of aromatic nitrogens is 2. The lowest BCUT2D eigenvalue weighted by Gasteiger charge is -2.19. The van der Waals surface area contributed by atoms with Crippen molar-refractivity contribution in [3.8, 4) is 11.8 Å². The molecule has 4 rings (SSSR count). The monoisotopic (exact) mass is 576 g/mol. The van der Waals surface area contributed by atoms with Gasteiger partial charge < -0.3 is 15.2 Å². The summed E-state index contributed by atoms with van der Waals surface area (Å²) in [4.78, 5) is 21.2. The predicted octanol–water partition coefficient (Wildman–Crippen LogP) is 5.74. The Balaban J connectivity index is 1.80. The topological polar surface area (TPSA) is 108 Å². The first-order valence-electron chi connectivity index (χ1n) is 14.0. The Morgan fingerprint density at radius 1 is 1.26 bits per heavy atom. The third-order valence-electron chi connectivity index (χ3n) is 6.88. The van der Waals surface area contributed by atoms with E-state index < -0.39 is 17.8 Å². The predicted molar refractivity (Wildman–Crippen MR) is 168 cm³/mol. The highest BCUT2D eigenvalue weighted by Gasteiger charge is 2.24. The lowest BCUT2D eigenvalue weighted by Crippen LogP contribution is -2.39. The Hall–Kier alpha value is -5.29. The molecule has 0 spiro atoms. The molecule has 0 saturated heterocycles. The number of rotatable bonds is 10. The fourth-order valence-corrected chi connectivity index (χ4v) is 4.79. The van der Waals surface area contributed by atoms with Gasteiger partial charge in [0.05, 0.1) is 23.3 Å². The number of ether oxygens (including phenoxy) is 1. The number of hydrogen-bond acceptors (Lipinski definition) is 6. The number of pyridine rings is 2. The summed E-state index contributed by atoms with van der Waals surface area (Å²) in [6.07, 6.45) is 13.2. The highest BCUT2D eigenvalue weighted by molar-refractivity contribution is 5.83. The molecule has 43 heavy (non-hydrogen) atoms. The number of nitriles is 1. The van der Waals surface area contributed by atoms with Crippen LogP contribution >= 0.6 is 0 Å². The first kappa shape index (κ1) is 30.7. The first-order valence-corrected chi connectivity index (χ1v) is 14.0. The fraction of sp³-hybridized carbons (Fsp3) is 0.200. The Morgan fingerprint density at radius 3 is 2.74 bits per heavy atom. The molecule has 2 heterocycles. The van der Waals surface area contributed by atoms with Crippen molar-refractivity contribution in [2.45, 2.75) is 39.2 Å². The second-order valence-electron chi connectivity index (χ2n) is 9.72. The molecule has 0 aliphatic heterocycles. The SMILES string of the molecule is C=c1nc(/C2=C/CC=C(c3ccccc3OCC)/C=C\C2)c(C#N)c(NC(Cc2ccccn2)C(=O)O)/c1=C/C(F)=C\C. The van der Waals surface area contributed by atoms with E-state index in [2.05, 4.69) is 34.0 Å².